The molecular weight excluding hydrogens is 298 g/mol. The first-order valence-electron chi connectivity index (χ1n) is 7.20. The van der Waals surface area contributed by atoms with Gasteiger partial charge in [-0.1, -0.05) is 17.4 Å². The van der Waals surface area contributed by atoms with Crippen molar-refractivity contribution in [1.29, 1.82) is 0 Å². The molecule has 0 atom stereocenters. The molecule has 0 fully saturated rings. The summed E-state index contributed by atoms with van der Waals surface area (Å²) in [6.45, 7) is 3.97. The largest absolute Gasteiger partial charge is 0.325 e. The number of carbonyl (C=O) groups is 2. The van der Waals surface area contributed by atoms with Crippen LogP contribution in [0.5, 0.6) is 0 Å². The molecule has 5 nitrogen and oxygen atoms in total. The molecule has 0 spiro atoms. The Labute approximate surface area is 132 Å². The van der Waals surface area contributed by atoms with E-state index in [1.165, 1.54) is 11.3 Å². The normalized spacial score (nSPS) is 13.6. The van der Waals surface area contributed by atoms with Crippen molar-refractivity contribution in [2.24, 2.45) is 0 Å². The summed E-state index contributed by atoms with van der Waals surface area (Å²) in [4.78, 5) is 28.9. The van der Waals surface area contributed by atoms with E-state index in [4.69, 9.17) is 0 Å². The SMILES string of the molecule is Cc1cc(C)cc(NC(=O)Nc2nc3c(s2)C(=O)CCC3)c1. The summed E-state index contributed by atoms with van der Waals surface area (Å²) in [5.74, 6) is 0.126. The number of aromatic nitrogens is 1. The van der Waals surface area contributed by atoms with Crippen molar-refractivity contribution in [2.75, 3.05) is 10.6 Å². The van der Waals surface area contributed by atoms with Crippen LogP contribution < -0.4 is 10.6 Å². The molecule has 1 aromatic heterocycles. The fourth-order valence-corrected chi connectivity index (χ4v) is 3.60. The minimum atomic E-state index is -0.344. The van der Waals surface area contributed by atoms with Crippen molar-refractivity contribution < 1.29 is 9.59 Å². The van der Waals surface area contributed by atoms with Crippen LogP contribution in [0.25, 0.3) is 0 Å². The minimum absolute atomic E-state index is 0.126. The number of benzene rings is 1. The van der Waals surface area contributed by atoms with E-state index in [9.17, 15) is 9.59 Å². The number of nitrogens with one attached hydrogen (secondary N) is 2. The van der Waals surface area contributed by atoms with Crippen LogP contribution in [0, 0.1) is 13.8 Å². The highest BCUT2D eigenvalue weighted by Gasteiger charge is 2.22. The fraction of sp³-hybridized carbons (Fsp3) is 0.312. The van der Waals surface area contributed by atoms with Gasteiger partial charge in [-0.3, -0.25) is 10.1 Å². The first-order chi connectivity index (χ1) is 10.5. The molecule has 0 radical (unpaired) electrons. The van der Waals surface area contributed by atoms with Gasteiger partial charge in [0.25, 0.3) is 0 Å². The van der Waals surface area contributed by atoms with Crippen molar-refractivity contribution in [1.82, 2.24) is 4.98 Å². The van der Waals surface area contributed by atoms with Gasteiger partial charge in [-0.2, -0.15) is 0 Å². The Morgan fingerprint density at radius 3 is 2.55 bits per heavy atom. The third-order valence-corrected chi connectivity index (χ3v) is 4.52. The molecule has 2 aromatic rings. The van der Waals surface area contributed by atoms with Crippen LogP contribution in [0.4, 0.5) is 15.6 Å². The number of thiazole rings is 1. The predicted molar refractivity (Wildman–Crippen MR) is 87.9 cm³/mol. The van der Waals surface area contributed by atoms with E-state index in [1.807, 2.05) is 32.0 Å². The number of amides is 2. The lowest BCUT2D eigenvalue weighted by Gasteiger charge is -2.07. The number of anilines is 2. The molecule has 22 heavy (non-hydrogen) atoms. The highest BCUT2D eigenvalue weighted by atomic mass is 32.1. The zero-order valence-electron chi connectivity index (χ0n) is 12.5. The van der Waals surface area contributed by atoms with Crippen LogP contribution in [-0.4, -0.2) is 16.8 Å². The Bertz CT molecular complexity index is 732. The Balaban J connectivity index is 1.70. The van der Waals surface area contributed by atoms with Crippen LogP contribution >= 0.6 is 11.3 Å². The van der Waals surface area contributed by atoms with Crippen molar-refractivity contribution >= 4 is 34.0 Å². The van der Waals surface area contributed by atoms with Crippen molar-refractivity contribution in [3.63, 3.8) is 0 Å². The van der Waals surface area contributed by atoms with Gasteiger partial charge in [0.2, 0.25) is 0 Å². The average molecular weight is 315 g/mol. The van der Waals surface area contributed by atoms with E-state index in [-0.39, 0.29) is 11.8 Å². The first-order valence-corrected chi connectivity index (χ1v) is 8.02. The van der Waals surface area contributed by atoms with Crippen molar-refractivity contribution in [2.45, 2.75) is 33.1 Å². The second-order valence-electron chi connectivity index (χ2n) is 5.53. The molecule has 114 valence electrons. The van der Waals surface area contributed by atoms with Gasteiger partial charge in [-0.05, 0) is 49.9 Å². The summed E-state index contributed by atoms with van der Waals surface area (Å²) in [6, 6.07) is 5.51. The summed E-state index contributed by atoms with van der Waals surface area (Å²) < 4.78 is 0. The van der Waals surface area contributed by atoms with E-state index in [2.05, 4.69) is 15.6 Å². The lowest BCUT2D eigenvalue weighted by atomic mass is 10.0. The maximum absolute atomic E-state index is 12.1. The number of nitrogens with zero attached hydrogens (tertiary/aromatic N) is 1. The Morgan fingerprint density at radius 2 is 1.86 bits per heavy atom. The quantitative estimate of drug-likeness (QED) is 0.882. The molecule has 0 saturated carbocycles. The standard InChI is InChI=1S/C16H17N3O2S/c1-9-6-10(2)8-11(7-9)17-15(21)19-16-18-12-4-3-5-13(20)14(12)22-16/h6-8H,3-5H2,1-2H3,(H2,17,18,19,21). The summed E-state index contributed by atoms with van der Waals surface area (Å²) in [6.07, 6.45) is 2.21. The first kappa shape index (κ1) is 14.7. The van der Waals surface area contributed by atoms with Gasteiger partial charge in [-0.15, -0.1) is 0 Å². The van der Waals surface area contributed by atoms with Crippen LogP contribution in [0.2, 0.25) is 0 Å². The van der Waals surface area contributed by atoms with Crippen LogP contribution in [-0.2, 0) is 6.42 Å². The van der Waals surface area contributed by atoms with Crippen molar-refractivity contribution in [3.05, 3.63) is 39.9 Å². The van der Waals surface area contributed by atoms with E-state index in [0.717, 1.165) is 35.3 Å². The van der Waals surface area contributed by atoms with Gasteiger partial charge < -0.3 is 5.32 Å². The molecule has 2 N–H and O–H groups in total. The molecule has 1 aromatic carbocycles. The number of hydrogen-bond acceptors (Lipinski definition) is 4. The molecular formula is C16H17N3O2S. The second-order valence-corrected chi connectivity index (χ2v) is 6.53. The molecule has 1 aliphatic rings. The smallest absolute Gasteiger partial charge is 0.308 e. The van der Waals surface area contributed by atoms with Crippen LogP contribution in [0.15, 0.2) is 18.2 Å². The highest BCUT2D eigenvalue weighted by Crippen LogP contribution is 2.29. The maximum atomic E-state index is 12.1. The Hall–Kier alpha value is -2.21. The number of hydrogen-bond donors (Lipinski definition) is 2. The monoisotopic (exact) mass is 315 g/mol. The number of Topliss-reactive ketones (excluding diaryl/α,β-unsaturated/α-hetero) is 1. The molecule has 0 saturated heterocycles. The predicted octanol–water partition coefficient (Wildman–Crippen LogP) is 3.92. The average Bonchev–Trinajstić information content (AvgIpc) is 2.81. The zero-order valence-corrected chi connectivity index (χ0v) is 13.3. The molecule has 1 aliphatic carbocycles. The lowest BCUT2D eigenvalue weighted by Crippen LogP contribution is -2.19. The number of ketones is 1. The molecule has 0 unspecified atom stereocenters. The van der Waals surface area contributed by atoms with Gasteiger partial charge >= 0.3 is 6.03 Å². The van der Waals surface area contributed by atoms with Gasteiger partial charge in [-0.25, -0.2) is 9.78 Å². The number of aryl methyl sites for hydroxylation is 3. The third kappa shape index (κ3) is 3.17. The molecule has 6 heteroatoms. The van der Waals surface area contributed by atoms with Crippen LogP contribution in [0.3, 0.4) is 0 Å². The number of carbonyl (C=O) groups excluding carboxylic acids is 2. The van der Waals surface area contributed by atoms with E-state index >= 15 is 0 Å². The number of urea groups is 1. The summed E-state index contributed by atoms with van der Waals surface area (Å²) in [5, 5.41) is 5.98. The Kier molecular flexibility index (Phi) is 3.94. The molecule has 0 aliphatic heterocycles. The summed E-state index contributed by atoms with van der Waals surface area (Å²) in [5.41, 5.74) is 3.73. The molecule has 2 amide bonds. The zero-order chi connectivity index (χ0) is 15.7. The van der Waals surface area contributed by atoms with Gasteiger partial charge in [0.1, 0.15) is 0 Å². The lowest BCUT2D eigenvalue weighted by molar-refractivity contribution is 0.0976. The summed E-state index contributed by atoms with van der Waals surface area (Å²) >= 11 is 1.26. The van der Waals surface area contributed by atoms with Crippen LogP contribution in [0.1, 0.15) is 39.3 Å². The molecule has 0 bridgehead atoms. The van der Waals surface area contributed by atoms with E-state index < -0.39 is 0 Å². The van der Waals surface area contributed by atoms with Gasteiger partial charge in [0, 0.05) is 12.1 Å². The fourth-order valence-electron chi connectivity index (χ4n) is 2.63. The number of fused-ring (bicyclic) bond motifs is 1. The van der Waals surface area contributed by atoms with Gasteiger partial charge in [0.15, 0.2) is 10.9 Å². The summed E-state index contributed by atoms with van der Waals surface area (Å²) in [7, 11) is 0. The highest BCUT2D eigenvalue weighted by molar-refractivity contribution is 7.17. The minimum Gasteiger partial charge on any atom is -0.308 e. The topological polar surface area (TPSA) is 71.1 Å². The van der Waals surface area contributed by atoms with E-state index in [1.54, 1.807) is 0 Å². The molecule has 1 heterocycles. The number of rotatable bonds is 2. The third-order valence-electron chi connectivity index (χ3n) is 3.47. The Morgan fingerprint density at radius 1 is 1.14 bits per heavy atom. The molecule has 3 rings (SSSR count). The van der Waals surface area contributed by atoms with E-state index in [0.29, 0.717) is 16.4 Å². The van der Waals surface area contributed by atoms with Gasteiger partial charge in [0.05, 0.1) is 10.6 Å². The maximum Gasteiger partial charge on any atom is 0.325 e. The van der Waals surface area contributed by atoms with Crippen molar-refractivity contribution in [3.8, 4) is 0 Å². The second kappa shape index (κ2) is 5.88.